The van der Waals surface area contributed by atoms with Crippen molar-refractivity contribution in [3.8, 4) is 0 Å². The van der Waals surface area contributed by atoms with Gasteiger partial charge in [0.2, 0.25) is 5.91 Å². The number of carbonyl (C=O) groups is 1. The molecule has 29 heavy (non-hydrogen) atoms. The van der Waals surface area contributed by atoms with Crippen LogP contribution >= 0.6 is 11.6 Å². The molecule has 5 rings (SSSR count). The molecular formula is C23H19ClN4O. The monoisotopic (exact) mass is 402 g/mol. The van der Waals surface area contributed by atoms with Crippen LogP contribution in [-0.2, 0) is 11.3 Å². The topological polar surface area (TPSA) is 51.0 Å². The van der Waals surface area contributed by atoms with Crippen molar-refractivity contribution in [1.82, 2.24) is 14.5 Å². The Kier molecular flexibility index (Phi) is 4.52. The molecule has 2 aromatic heterocycles. The number of rotatable bonds is 4. The van der Waals surface area contributed by atoms with Gasteiger partial charge in [-0.15, -0.1) is 0 Å². The van der Waals surface area contributed by atoms with E-state index in [1.165, 1.54) is 0 Å². The molecule has 1 fully saturated rings. The van der Waals surface area contributed by atoms with Crippen molar-refractivity contribution in [3.63, 3.8) is 0 Å². The van der Waals surface area contributed by atoms with Gasteiger partial charge in [0.25, 0.3) is 0 Å². The molecule has 0 aliphatic carbocycles. The Balaban J connectivity index is 1.53. The maximum absolute atomic E-state index is 12.8. The molecule has 0 saturated carbocycles. The molecule has 6 heteroatoms. The van der Waals surface area contributed by atoms with Gasteiger partial charge < -0.3 is 9.47 Å². The number of carbonyl (C=O) groups excluding carboxylic acids is 1. The molecule has 1 atom stereocenters. The lowest BCUT2D eigenvalue weighted by atomic mass is 10.1. The summed E-state index contributed by atoms with van der Waals surface area (Å²) in [5.74, 6) is 1.05. The number of imidazole rings is 1. The molecule has 0 N–H and O–H groups in total. The predicted molar refractivity (Wildman–Crippen MR) is 114 cm³/mol. The SMILES string of the molecule is O=C1C[C@@H](c2nc3ccccc3n2Cc2cccnc2)CN1c1cccc(Cl)c1. The smallest absolute Gasteiger partial charge is 0.227 e. The fraction of sp³-hybridized carbons (Fsp3) is 0.174. The highest BCUT2D eigenvalue weighted by Crippen LogP contribution is 2.34. The number of halogens is 1. The molecule has 0 unspecified atom stereocenters. The van der Waals surface area contributed by atoms with Gasteiger partial charge in [-0.05, 0) is 42.0 Å². The Bertz CT molecular complexity index is 1190. The summed E-state index contributed by atoms with van der Waals surface area (Å²) in [6.07, 6.45) is 4.08. The third kappa shape index (κ3) is 3.38. The predicted octanol–water partition coefficient (Wildman–Crippen LogP) is 4.65. The largest absolute Gasteiger partial charge is 0.323 e. The first kappa shape index (κ1) is 17.9. The van der Waals surface area contributed by atoms with Crippen molar-refractivity contribution in [2.75, 3.05) is 11.4 Å². The molecule has 144 valence electrons. The molecule has 5 nitrogen and oxygen atoms in total. The standard InChI is InChI=1S/C23H19ClN4O/c24-18-6-3-7-19(12-18)27-15-17(11-22(27)29)23-26-20-8-1-2-9-21(20)28(23)14-16-5-4-10-25-13-16/h1-10,12-13,17H,11,14-15H2/t17-/m1/s1. The number of nitrogens with zero attached hydrogens (tertiary/aromatic N) is 4. The fourth-order valence-electron chi connectivity index (χ4n) is 4.02. The van der Waals surface area contributed by atoms with E-state index in [9.17, 15) is 4.79 Å². The summed E-state index contributed by atoms with van der Waals surface area (Å²) in [4.78, 5) is 23.7. The number of anilines is 1. The van der Waals surface area contributed by atoms with Gasteiger partial charge in [-0.25, -0.2) is 4.98 Å². The van der Waals surface area contributed by atoms with Gasteiger partial charge >= 0.3 is 0 Å². The van der Waals surface area contributed by atoms with E-state index in [1.807, 2.05) is 59.6 Å². The van der Waals surface area contributed by atoms with E-state index in [2.05, 4.69) is 21.7 Å². The Morgan fingerprint density at radius 3 is 2.79 bits per heavy atom. The minimum atomic E-state index is 0.0190. The van der Waals surface area contributed by atoms with Crippen molar-refractivity contribution in [1.29, 1.82) is 0 Å². The number of hydrogen-bond acceptors (Lipinski definition) is 3. The number of amides is 1. The summed E-state index contributed by atoms with van der Waals surface area (Å²) in [7, 11) is 0. The van der Waals surface area contributed by atoms with E-state index in [1.54, 1.807) is 6.20 Å². The quantitative estimate of drug-likeness (QED) is 0.499. The van der Waals surface area contributed by atoms with Gasteiger partial charge in [0.15, 0.2) is 0 Å². The lowest BCUT2D eigenvalue weighted by Crippen LogP contribution is -2.24. The van der Waals surface area contributed by atoms with Crippen molar-refractivity contribution in [3.05, 3.63) is 89.5 Å². The van der Waals surface area contributed by atoms with Crippen molar-refractivity contribution < 1.29 is 4.79 Å². The molecule has 0 radical (unpaired) electrons. The highest BCUT2D eigenvalue weighted by molar-refractivity contribution is 6.30. The summed E-state index contributed by atoms with van der Waals surface area (Å²) in [6, 6.07) is 19.5. The van der Waals surface area contributed by atoms with E-state index >= 15 is 0 Å². The fourth-order valence-corrected chi connectivity index (χ4v) is 4.20. The summed E-state index contributed by atoms with van der Waals surface area (Å²) in [6.45, 7) is 1.26. The second-order valence-electron chi connectivity index (χ2n) is 7.29. The van der Waals surface area contributed by atoms with E-state index in [4.69, 9.17) is 16.6 Å². The zero-order valence-electron chi connectivity index (χ0n) is 15.7. The summed E-state index contributed by atoms with van der Waals surface area (Å²) in [5, 5.41) is 0.627. The number of pyridine rings is 1. The first-order chi connectivity index (χ1) is 14.2. The van der Waals surface area contributed by atoms with Gasteiger partial charge in [-0.2, -0.15) is 0 Å². The lowest BCUT2D eigenvalue weighted by molar-refractivity contribution is -0.117. The molecular weight excluding hydrogens is 384 g/mol. The van der Waals surface area contributed by atoms with Crippen LogP contribution in [0.25, 0.3) is 11.0 Å². The second-order valence-corrected chi connectivity index (χ2v) is 7.73. The molecule has 1 saturated heterocycles. The third-order valence-electron chi connectivity index (χ3n) is 5.36. The average Bonchev–Trinajstić information content (AvgIpc) is 3.30. The lowest BCUT2D eigenvalue weighted by Gasteiger charge is -2.17. The molecule has 2 aromatic carbocycles. The number of aromatic nitrogens is 3. The first-order valence-corrected chi connectivity index (χ1v) is 9.97. The molecule has 3 heterocycles. The number of hydrogen-bond donors (Lipinski definition) is 0. The molecule has 1 aliphatic heterocycles. The summed E-state index contributed by atoms with van der Waals surface area (Å²) >= 11 is 6.13. The molecule has 0 bridgehead atoms. The maximum Gasteiger partial charge on any atom is 0.227 e. The molecule has 1 amide bonds. The van der Waals surface area contributed by atoms with Crippen LogP contribution in [-0.4, -0.2) is 27.0 Å². The van der Waals surface area contributed by atoms with Crippen LogP contribution in [0.4, 0.5) is 5.69 Å². The van der Waals surface area contributed by atoms with Crippen LogP contribution in [0, 0.1) is 0 Å². The summed E-state index contributed by atoms with van der Waals surface area (Å²) in [5.41, 5.74) is 3.95. The van der Waals surface area contributed by atoms with Crippen LogP contribution in [0.1, 0.15) is 23.7 Å². The van der Waals surface area contributed by atoms with Crippen molar-refractivity contribution >= 4 is 34.2 Å². The van der Waals surface area contributed by atoms with E-state index in [-0.39, 0.29) is 11.8 Å². The minimum Gasteiger partial charge on any atom is -0.323 e. The van der Waals surface area contributed by atoms with Crippen LogP contribution < -0.4 is 4.90 Å². The minimum absolute atomic E-state index is 0.0190. The van der Waals surface area contributed by atoms with E-state index in [0.29, 0.717) is 24.5 Å². The van der Waals surface area contributed by atoms with Gasteiger partial charge in [0, 0.05) is 42.0 Å². The number of benzene rings is 2. The van der Waals surface area contributed by atoms with Crippen molar-refractivity contribution in [2.24, 2.45) is 0 Å². The maximum atomic E-state index is 12.8. The zero-order valence-corrected chi connectivity index (χ0v) is 16.5. The zero-order chi connectivity index (χ0) is 19.8. The number of fused-ring (bicyclic) bond motifs is 1. The Morgan fingerprint density at radius 1 is 1.07 bits per heavy atom. The normalized spacial score (nSPS) is 16.7. The van der Waals surface area contributed by atoms with Crippen LogP contribution in [0.3, 0.4) is 0 Å². The van der Waals surface area contributed by atoms with Crippen molar-refractivity contribution in [2.45, 2.75) is 18.9 Å². The summed E-state index contributed by atoms with van der Waals surface area (Å²) < 4.78 is 2.21. The average molecular weight is 403 g/mol. The highest BCUT2D eigenvalue weighted by atomic mass is 35.5. The second kappa shape index (κ2) is 7.33. The molecule has 1 aliphatic rings. The molecule has 0 spiro atoms. The van der Waals surface area contributed by atoms with E-state index in [0.717, 1.165) is 28.1 Å². The van der Waals surface area contributed by atoms with E-state index < -0.39 is 0 Å². The highest BCUT2D eigenvalue weighted by Gasteiger charge is 2.34. The van der Waals surface area contributed by atoms with Gasteiger partial charge in [-0.3, -0.25) is 9.78 Å². The van der Waals surface area contributed by atoms with Crippen LogP contribution in [0.15, 0.2) is 73.1 Å². The number of para-hydroxylation sites is 2. The Labute approximate surface area is 173 Å². The third-order valence-corrected chi connectivity index (χ3v) is 5.59. The molecule has 4 aromatic rings. The van der Waals surface area contributed by atoms with Crippen LogP contribution in [0.2, 0.25) is 5.02 Å². The first-order valence-electron chi connectivity index (χ1n) is 9.59. The van der Waals surface area contributed by atoms with Crippen LogP contribution in [0.5, 0.6) is 0 Å². The Morgan fingerprint density at radius 2 is 1.97 bits per heavy atom. The Hall–Kier alpha value is -3.18. The van der Waals surface area contributed by atoms with Gasteiger partial charge in [-0.1, -0.05) is 35.9 Å². The van der Waals surface area contributed by atoms with Gasteiger partial charge in [0.05, 0.1) is 17.6 Å². The van der Waals surface area contributed by atoms with Gasteiger partial charge in [0.1, 0.15) is 5.82 Å².